The number of rotatable bonds is 10. The summed E-state index contributed by atoms with van der Waals surface area (Å²) >= 11 is 0. The van der Waals surface area contributed by atoms with Crippen molar-refractivity contribution < 1.29 is 19.2 Å². The summed E-state index contributed by atoms with van der Waals surface area (Å²) in [6.07, 6.45) is 0.819. The summed E-state index contributed by atoms with van der Waals surface area (Å²) in [6, 6.07) is 0. The van der Waals surface area contributed by atoms with Crippen molar-refractivity contribution in [3.63, 3.8) is 0 Å². The molecule has 0 aliphatic heterocycles. The van der Waals surface area contributed by atoms with Gasteiger partial charge < -0.3 is 19.6 Å². The second-order valence-corrected chi connectivity index (χ2v) is 13.7. The van der Waals surface area contributed by atoms with Crippen molar-refractivity contribution in [2.45, 2.75) is 83.1 Å². The molecule has 0 aromatic heterocycles. The van der Waals surface area contributed by atoms with Crippen LogP contribution < -0.4 is 0 Å². The lowest BCUT2D eigenvalue weighted by Gasteiger charge is -2.29. The Morgan fingerprint density at radius 3 is 0.913 bits per heavy atom. The fourth-order valence-electron chi connectivity index (χ4n) is 6.74. The Morgan fingerprint density at radius 1 is 0.435 bits per heavy atom. The van der Waals surface area contributed by atoms with E-state index in [2.05, 4.69) is 13.8 Å². The van der Waals surface area contributed by atoms with E-state index >= 15 is 0 Å². The van der Waals surface area contributed by atoms with Gasteiger partial charge in [0.15, 0.2) is 0 Å². The summed E-state index contributed by atoms with van der Waals surface area (Å²) in [7, 11) is 10.5. The first kappa shape index (κ1) is 40.3. The molecule has 0 aliphatic carbocycles. The van der Waals surface area contributed by atoms with E-state index in [4.69, 9.17) is 0 Å². The van der Waals surface area contributed by atoms with Crippen molar-refractivity contribution in [3.8, 4) is 0 Å². The molecule has 0 heterocycles. The summed E-state index contributed by atoms with van der Waals surface area (Å²) in [5, 5.41) is 0. The second-order valence-electron chi connectivity index (χ2n) is 13.7. The van der Waals surface area contributed by atoms with Crippen LogP contribution in [0.1, 0.15) is 114 Å². The van der Waals surface area contributed by atoms with Gasteiger partial charge in [0, 0.05) is 77.6 Å². The van der Waals surface area contributed by atoms with E-state index < -0.39 is 0 Å². The number of amides is 4. The summed E-state index contributed by atoms with van der Waals surface area (Å²) in [5.74, 6) is -0.00789. The molecule has 8 nitrogen and oxygen atoms in total. The van der Waals surface area contributed by atoms with Gasteiger partial charge in [0.05, 0.1) is 0 Å². The predicted molar refractivity (Wildman–Crippen MR) is 190 cm³/mol. The van der Waals surface area contributed by atoms with Gasteiger partial charge in [-0.1, -0.05) is 21.3 Å². The minimum Gasteiger partial charge on any atom is -0.345 e. The highest BCUT2D eigenvalue weighted by Crippen LogP contribution is 2.30. The SMILES string of the molecule is C.Cc1c(C)c(C(=O)N(C)C)c(C)c(C(=O)N(C)CC(C)CC(C)CN(C)C(=O)c2c(C)c(C)c(C)c(C(=O)N(C)C)c2C)c1C. The molecular formula is C38H60N4O4. The molecule has 0 fully saturated rings. The van der Waals surface area contributed by atoms with Crippen molar-refractivity contribution in [1.29, 1.82) is 0 Å². The Kier molecular flexibility index (Phi) is 13.8. The van der Waals surface area contributed by atoms with Crippen LogP contribution in [0, 0.1) is 67.2 Å². The fourth-order valence-corrected chi connectivity index (χ4v) is 6.74. The second kappa shape index (κ2) is 15.7. The lowest BCUT2D eigenvalue weighted by Crippen LogP contribution is -2.36. The Morgan fingerprint density at radius 2 is 0.674 bits per heavy atom. The third kappa shape index (κ3) is 7.99. The van der Waals surface area contributed by atoms with Gasteiger partial charge in [-0.2, -0.15) is 0 Å². The van der Waals surface area contributed by atoms with Crippen LogP contribution in [0.5, 0.6) is 0 Å². The maximum Gasteiger partial charge on any atom is 0.254 e. The monoisotopic (exact) mass is 636 g/mol. The molecule has 0 radical (unpaired) electrons. The van der Waals surface area contributed by atoms with Crippen LogP contribution >= 0.6 is 0 Å². The van der Waals surface area contributed by atoms with Crippen molar-refractivity contribution in [2.75, 3.05) is 55.4 Å². The number of carbonyl (C=O) groups is 4. The molecular weight excluding hydrogens is 576 g/mol. The minimum atomic E-state index is -0.0997. The third-order valence-electron chi connectivity index (χ3n) is 9.59. The molecule has 0 saturated heterocycles. The number of carbonyl (C=O) groups excluding carboxylic acids is 4. The van der Waals surface area contributed by atoms with E-state index in [0.717, 1.165) is 50.9 Å². The van der Waals surface area contributed by atoms with Crippen LogP contribution in [0.25, 0.3) is 0 Å². The first-order chi connectivity index (χ1) is 20.7. The predicted octanol–water partition coefficient (Wildman–Crippen LogP) is 6.70. The van der Waals surface area contributed by atoms with E-state index in [-0.39, 0.29) is 42.9 Å². The Hall–Kier alpha value is -3.68. The van der Waals surface area contributed by atoms with Crippen molar-refractivity contribution >= 4 is 23.6 Å². The van der Waals surface area contributed by atoms with Crippen LogP contribution in [-0.4, -0.2) is 98.6 Å². The van der Waals surface area contributed by atoms with Gasteiger partial charge >= 0.3 is 0 Å². The topological polar surface area (TPSA) is 81.2 Å². The minimum absolute atomic E-state index is 0. The van der Waals surface area contributed by atoms with Gasteiger partial charge in [-0.15, -0.1) is 0 Å². The van der Waals surface area contributed by atoms with Gasteiger partial charge in [0.25, 0.3) is 23.6 Å². The smallest absolute Gasteiger partial charge is 0.254 e. The molecule has 46 heavy (non-hydrogen) atoms. The molecule has 0 saturated carbocycles. The molecule has 2 unspecified atom stereocenters. The molecule has 0 aliphatic rings. The normalized spacial score (nSPS) is 12.2. The van der Waals surface area contributed by atoms with E-state index in [1.165, 1.54) is 0 Å². The lowest BCUT2D eigenvalue weighted by atomic mass is 9.87. The largest absolute Gasteiger partial charge is 0.345 e. The molecule has 2 rings (SSSR count). The molecule has 2 aromatic rings. The maximum absolute atomic E-state index is 13.8. The van der Waals surface area contributed by atoms with Crippen molar-refractivity contribution in [1.82, 2.24) is 19.6 Å². The fraction of sp³-hybridized carbons (Fsp3) is 0.579. The number of benzene rings is 2. The molecule has 256 valence electrons. The Balaban J connectivity index is 0.0000106. The van der Waals surface area contributed by atoms with Crippen LogP contribution in [0.4, 0.5) is 0 Å². The molecule has 0 bridgehead atoms. The molecule has 0 N–H and O–H groups in total. The third-order valence-corrected chi connectivity index (χ3v) is 9.59. The average Bonchev–Trinajstić information content (AvgIpc) is 2.94. The van der Waals surface area contributed by atoms with E-state index in [1.54, 1.807) is 47.8 Å². The number of hydrogen-bond donors (Lipinski definition) is 0. The van der Waals surface area contributed by atoms with Gasteiger partial charge in [0.2, 0.25) is 0 Å². The van der Waals surface area contributed by atoms with Crippen molar-refractivity contribution in [3.05, 3.63) is 66.8 Å². The maximum atomic E-state index is 13.8. The van der Waals surface area contributed by atoms with Crippen molar-refractivity contribution in [2.24, 2.45) is 11.8 Å². The van der Waals surface area contributed by atoms with Crippen LogP contribution in [0.3, 0.4) is 0 Å². The Labute approximate surface area is 279 Å². The molecule has 0 spiro atoms. The highest BCUT2D eigenvalue weighted by Gasteiger charge is 2.29. The zero-order chi connectivity index (χ0) is 34.8. The lowest BCUT2D eigenvalue weighted by molar-refractivity contribution is 0.0751. The first-order valence-corrected chi connectivity index (χ1v) is 15.8. The molecule has 8 heteroatoms. The standard InChI is InChI=1S/C37H56N4O4.CH4/c1-20(18-40(15)36(44)32-26(7)22(3)24(5)30(28(32)9)34(42)38(11)12)17-21(2)19-41(16)37(45)33-27(8)23(4)25(6)31(29(33)10)35(43)39(13)14;/h20-21H,17-19H2,1-16H3;1H4. The summed E-state index contributed by atoms with van der Waals surface area (Å²) in [4.78, 5) is 60.2. The van der Waals surface area contributed by atoms with Crippen LogP contribution in [-0.2, 0) is 0 Å². The van der Waals surface area contributed by atoms with Gasteiger partial charge in [-0.3, -0.25) is 19.2 Å². The molecule has 2 aromatic carbocycles. The van der Waals surface area contributed by atoms with Gasteiger partial charge in [-0.25, -0.2) is 0 Å². The average molecular weight is 637 g/mol. The van der Waals surface area contributed by atoms with Gasteiger partial charge in [0.1, 0.15) is 0 Å². The Bertz CT molecular complexity index is 1390. The number of hydrogen-bond acceptors (Lipinski definition) is 4. The van der Waals surface area contributed by atoms with Crippen LogP contribution in [0.15, 0.2) is 0 Å². The quantitative estimate of drug-likeness (QED) is 0.291. The van der Waals surface area contributed by atoms with E-state index in [1.807, 2.05) is 69.5 Å². The summed E-state index contributed by atoms with van der Waals surface area (Å²) < 4.78 is 0. The zero-order valence-corrected chi connectivity index (χ0v) is 30.7. The summed E-state index contributed by atoms with van der Waals surface area (Å²) in [5.41, 5.74) is 9.41. The van der Waals surface area contributed by atoms with E-state index in [0.29, 0.717) is 35.3 Å². The highest BCUT2D eigenvalue weighted by atomic mass is 16.2. The number of nitrogens with zero attached hydrogens (tertiary/aromatic N) is 4. The molecule has 4 amide bonds. The van der Waals surface area contributed by atoms with E-state index in [9.17, 15) is 19.2 Å². The zero-order valence-electron chi connectivity index (χ0n) is 30.7. The summed E-state index contributed by atoms with van der Waals surface area (Å²) in [6.45, 7) is 20.8. The highest BCUT2D eigenvalue weighted by molar-refractivity contribution is 6.05. The first-order valence-electron chi connectivity index (χ1n) is 15.8. The van der Waals surface area contributed by atoms with Crippen LogP contribution in [0.2, 0.25) is 0 Å². The van der Waals surface area contributed by atoms with Gasteiger partial charge in [-0.05, 0) is 118 Å². The molecule has 2 atom stereocenters.